The number of aliphatic carboxylic acids is 1. The van der Waals surface area contributed by atoms with E-state index >= 15 is 0 Å². The summed E-state index contributed by atoms with van der Waals surface area (Å²) in [6.07, 6.45) is -3.02. The van der Waals surface area contributed by atoms with Gasteiger partial charge in [-0.25, -0.2) is 4.79 Å². The average Bonchev–Trinajstić information content (AvgIpc) is 1.60. The molecule has 0 bridgehead atoms. The highest BCUT2D eigenvalue weighted by atomic mass is 31.2. The Bertz CT molecular complexity index is 170. The van der Waals surface area contributed by atoms with Gasteiger partial charge < -0.3 is 20.0 Å². The normalized spacial score (nSPS) is 14.7. The van der Waals surface area contributed by atoms with Crippen molar-refractivity contribution in [3.05, 3.63) is 0 Å². The summed E-state index contributed by atoms with van der Waals surface area (Å²) in [7, 11) is -4.41. The summed E-state index contributed by atoms with van der Waals surface area (Å²) in [4.78, 5) is 26.0. The van der Waals surface area contributed by atoms with E-state index in [0.29, 0.717) is 0 Å². The molecule has 1 atom stereocenters. The van der Waals surface area contributed by atoms with Crippen LogP contribution in [0.15, 0.2) is 0 Å². The molecule has 0 aromatic rings. The Kier molecular flexibility index (Phi) is 2.98. The molecule has 0 fully saturated rings. The van der Waals surface area contributed by atoms with Crippen LogP contribution in [0, 0.1) is 0 Å². The van der Waals surface area contributed by atoms with Crippen molar-refractivity contribution in [2.75, 3.05) is 6.16 Å². The molecule has 0 unspecified atom stereocenters. The van der Waals surface area contributed by atoms with Crippen LogP contribution in [0.1, 0.15) is 0 Å². The van der Waals surface area contributed by atoms with Crippen LogP contribution in [-0.2, 0) is 9.36 Å². The van der Waals surface area contributed by atoms with E-state index in [1.165, 1.54) is 0 Å². The zero-order chi connectivity index (χ0) is 8.36. The lowest BCUT2D eigenvalue weighted by Gasteiger charge is -2.05. The Labute approximate surface area is 56.3 Å². The highest BCUT2D eigenvalue weighted by molar-refractivity contribution is 7.51. The van der Waals surface area contributed by atoms with E-state index in [1.54, 1.807) is 0 Å². The molecule has 0 saturated heterocycles. The smallest absolute Gasteiger partial charge is 0.333 e. The first-order valence-corrected chi connectivity index (χ1v) is 4.08. The van der Waals surface area contributed by atoms with Crippen molar-refractivity contribution in [3.8, 4) is 0 Å². The molecule has 0 aromatic carbocycles. The standard InChI is InChI=1S/C3H7O6P/c4-2(3(5)6)1-10(7,8)9/h2,4H,1H2,(H,5,6)(H2,7,8,9)/t2-/m1/s1. The van der Waals surface area contributed by atoms with Crippen LogP contribution in [0.5, 0.6) is 0 Å². The van der Waals surface area contributed by atoms with Crippen LogP contribution in [-0.4, -0.2) is 38.2 Å². The van der Waals surface area contributed by atoms with Crippen molar-refractivity contribution in [3.63, 3.8) is 0 Å². The summed E-state index contributed by atoms with van der Waals surface area (Å²) in [6, 6.07) is 0. The van der Waals surface area contributed by atoms with E-state index in [0.717, 1.165) is 0 Å². The van der Waals surface area contributed by atoms with Crippen molar-refractivity contribution in [2.24, 2.45) is 0 Å². The third-order valence-corrected chi connectivity index (χ3v) is 1.52. The fourth-order valence-electron chi connectivity index (χ4n) is 0.303. The van der Waals surface area contributed by atoms with Gasteiger partial charge in [0, 0.05) is 0 Å². The minimum Gasteiger partial charge on any atom is -0.479 e. The van der Waals surface area contributed by atoms with E-state index in [-0.39, 0.29) is 0 Å². The molecule has 0 aliphatic carbocycles. The zero-order valence-electron chi connectivity index (χ0n) is 4.84. The van der Waals surface area contributed by atoms with Gasteiger partial charge in [0.15, 0.2) is 6.10 Å². The lowest BCUT2D eigenvalue weighted by Crippen LogP contribution is -2.23. The second-order valence-corrected chi connectivity index (χ2v) is 3.40. The highest BCUT2D eigenvalue weighted by Crippen LogP contribution is 2.34. The van der Waals surface area contributed by atoms with Crippen LogP contribution in [0.3, 0.4) is 0 Å². The second kappa shape index (κ2) is 3.12. The Morgan fingerprint density at radius 3 is 2.00 bits per heavy atom. The molecular formula is C3H7O6P. The molecule has 0 aliphatic rings. The fraction of sp³-hybridized carbons (Fsp3) is 0.667. The Morgan fingerprint density at radius 1 is 1.50 bits per heavy atom. The third-order valence-electron chi connectivity index (χ3n) is 0.696. The van der Waals surface area contributed by atoms with Gasteiger partial charge in [-0.1, -0.05) is 0 Å². The van der Waals surface area contributed by atoms with Crippen LogP contribution < -0.4 is 0 Å². The highest BCUT2D eigenvalue weighted by Gasteiger charge is 2.24. The maximum Gasteiger partial charge on any atom is 0.333 e. The van der Waals surface area contributed by atoms with Crippen molar-refractivity contribution in [2.45, 2.75) is 6.10 Å². The van der Waals surface area contributed by atoms with Gasteiger partial charge in [-0.3, -0.25) is 4.57 Å². The lowest BCUT2D eigenvalue weighted by molar-refractivity contribution is -0.145. The van der Waals surface area contributed by atoms with E-state index < -0.39 is 25.8 Å². The molecular weight excluding hydrogens is 163 g/mol. The SMILES string of the molecule is O=C(O)[C@H](O)CP(=O)(O)O. The van der Waals surface area contributed by atoms with Gasteiger partial charge in [0.2, 0.25) is 0 Å². The van der Waals surface area contributed by atoms with Crippen LogP contribution in [0.2, 0.25) is 0 Å². The molecule has 4 N–H and O–H groups in total. The first kappa shape index (κ1) is 9.58. The molecule has 6 nitrogen and oxygen atoms in total. The van der Waals surface area contributed by atoms with Gasteiger partial charge in [0.1, 0.15) is 0 Å². The number of carbonyl (C=O) groups is 1. The number of carboxylic acids is 1. The quantitative estimate of drug-likeness (QED) is 0.387. The summed E-state index contributed by atoms with van der Waals surface area (Å²) < 4.78 is 10.0. The zero-order valence-corrected chi connectivity index (χ0v) is 5.73. The summed E-state index contributed by atoms with van der Waals surface area (Å²) in [5.41, 5.74) is 0. The summed E-state index contributed by atoms with van der Waals surface area (Å²) >= 11 is 0. The van der Waals surface area contributed by atoms with Gasteiger partial charge in [0.25, 0.3) is 0 Å². The van der Waals surface area contributed by atoms with E-state index in [1.807, 2.05) is 0 Å². The van der Waals surface area contributed by atoms with Crippen LogP contribution in [0.4, 0.5) is 0 Å². The minimum absolute atomic E-state index is 1.04. The monoisotopic (exact) mass is 170 g/mol. The second-order valence-electron chi connectivity index (χ2n) is 1.70. The Hall–Kier alpha value is -0.420. The van der Waals surface area contributed by atoms with Crippen molar-refractivity contribution in [1.29, 1.82) is 0 Å². The number of hydrogen-bond donors (Lipinski definition) is 4. The third kappa shape index (κ3) is 4.46. The molecule has 0 aliphatic heterocycles. The van der Waals surface area contributed by atoms with Gasteiger partial charge in [-0.05, 0) is 0 Å². The molecule has 10 heavy (non-hydrogen) atoms. The molecule has 60 valence electrons. The molecule has 0 aromatic heterocycles. The van der Waals surface area contributed by atoms with Crippen LogP contribution in [0.25, 0.3) is 0 Å². The van der Waals surface area contributed by atoms with Gasteiger partial charge in [0.05, 0.1) is 6.16 Å². The molecule has 0 heterocycles. The Morgan fingerprint density at radius 2 is 1.90 bits per heavy atom. The number of aliphatic hydroxyl groups excluding tert-OH is 1. The summed E-state index contributed by atoms with van der Waals surface area (Å²) in [5, 5.41) is 16.3. The number of rotatable bonds is 3. The minimum atomic E-state index is -4.41. The fourth-order valence-corrected chi connectivity index (χ4v) is 0.910. The summed E-state index contributed by atoms with van der Waals surface area (Å²) in [6.45, 7) is 0. The largest absolute Gasteiger partial charge is 0.479 e. The van der Waals surface area contributed by atoms with E-state index in [4.69, 9.17) is 20.0 Å². The molecule has 0 amide bonds. The maximum absolute atomic E-state index is 10.0. The topological polar surface area (TPSA) is 115 Å². The van der Waals surface area contributed by atoms with Crippen molar-refractivity contribution < 1.29 is 29.4 Å². The maximum atomic E-state index is 10.0. The average molecular weight is 170 g/mol. The number of hydrogen-bond acceptors (Lipinski definition) is 3. The first-order valence-electron chi connectivity index (χ1n) is 2.28. The van der Waals surface area contributed by atoms with Crippen molar-refractivity contribution in [1.82, 2.24) is 0 Å². The Balaban J connectivity index is 3.93. The predicted octanol–water partition coefficient (Wildman–Crippen LogP) is -1.39. The lowest BCUT2D eigenvalue weighted by atomic mass is 10.4. The molecule has 0 rings (SSSR count). The predicted molar refractivity (Wildman–Crippen MR) is 30.6 cm³/mol. The van der Waals surface area contributed by atoms with Gasteiger partial charge in [-0.15, -0.1) is 0 Å². The number of carboxylic acid groups (broad SMARTS) is 1. The molecule has 0 spiro atoms. The van der Waals surface area contributed by atoms with Crippen molar-refractivity contribution >= 4 is 13.6 Å². The summed E-state index contributed by atoms with van der Waals surface area (Å²) in [5.74, 6) is -1.64. The molecule has 0 saturated carbocycles. The molecule has 0 radical (unpaired) electrons. The van der Waals surface area contributed by atoms with Gasteiger partial charge in [-0.2, -0.15) is 0 Å². The van der Waals surface area contributed by atoms with E-state index in [9.17, 15) is 9.36 Å². The van der Waals surface area contributed by atoms with E-state index in [2.05, 4.69) is 0 Å². The molecule has 7 heteroatoms. The number of aliphatic hydroxyl groups is 1. The first-order chi connectivity index (χ1) is 4.33. The van der Waals surface area contributed by atoms with Crippen LogP contribution >= 0.6 is 7.60 Å². The van der Waals surface area contributed by atoms with Gasteiger partial charge >= 0.3 is 13.6 Å².